The van der Waals surface area contributed by atoms with Gasteiger partial charge in [-0.2, -0.15) is 4.31 Å². The summed E-state index contributed by atoms with van der Waals surface area (Å²) in [6.45, 7) is 1.46. The first-order valence-corrected chi connectivity index (χ1v) is 9.97. The Morgan fingerprint density at radius 2 is 1.59 bits per heavy atom. The lowest BCUT2D eigenvalue weighted by molar-refractivity contribution is 0.278. The van der Waals surface area contributed by atoms with Crippen molar-refractivity contribution in [3.8, 4) is 0 Å². The molecule has 1 aliphatic heterocycles. The monoisotopic (exact) mass is 347 g/mol. The Kier molecular flexibility index (Phi) is 5.23. The Labute approximate surface area is 131 Å². The van der Waals surface area contributed by atoms with Crippen LogP contribution in [0.1, 0.15) is 12.8 Å². The molecule has 0 spiro atoms. The van der Waals surface area contributed by atoms with Crippen molar-refractivity contribution in [3.05, 3.63) is 24.3 Å². The van der Waals surface area contributed by atoms with Crippen LogP contribution in [0.3, 0.4) is 0 Å². The molecule has 1 saturated heterocycles. The van der Waals surface area contributed by atoms with Gasteiger partial charge < -0.3 is 5.73 Å². The molecule has 1 aromatic rings. The minimum atomic E-state index is -3.59. The first-order valence-electron chi connectivity index (χ1n) is 7.05. The van der Waals surface area contributed by atoms with Crippen LogP contribution in [0.4, 0.5) is 0 Å². The van der Waals surface area contributed by atoms with E-state index in [1.807, 2.05) is 0 Å². The molecule has 1 heterocycles. The van der Waals surface area contributed by atoms with Crippen molar-refractivity contribution in [2.75, 3.05) is 26.7 Å². The zero-order valence-electron chi connectivity index (χ0n) is 12.4. The van der Waals surface area contributed by atoms with Gasteiger partial charge in [-0.25, -0.2) is 21.6 Å². The second-order valence-corrected chi connectivity index (χ2v) is 9.09. The van der Waals surface area contributed by atoms with Crippen molar-refractivity contribution in [1.29, 1.82) is 0 Å². The minimum absolute atomic E-state index is 0.0378. The largest absolute Gasteiger partial charge is 0.330 e. The molecule has 22 heavy (non-hydrogen) atoms. The average Bonchev–Trinajstić information content (AvgIpc) is 2.55. The van der Waals surface area contributed by atoms with Gasteiger partial charge in [0.25, 0.3) is 0 Å². The summed E-state index contributed by atoms with van der Waals surface area (Å²) in [4.78, 5) is 0.143. The molecule has 3 N–H and O–H groups in total. The van der Waals surface area contributed by atoms with E-state index in [4.69, 9.17) is 5.73 Å². The summed E-state index contributed by atoms with van der Waals surface area (Å²) in [7, 11) is -5.85. The lowest BCUT2D eigenvalue weighted by Crippen LogP contribution is -2.40. The highest BCUT2D eigenvalue weighted by Crippen LogP contribution is 2.24. The van der Waals surface area contributed by atoms with Gasteiger partial charge in [-0.05, 0) is 56.6 Å². The molecule has 0 aliphatic carbocycles. The molecule has 1 aliphatic rings. The van der Waals surface area contributed by atoms with E-state index in [1.165, 1.54) is 35.6 Å². The molecule has 0 aromatic heterocycles. The zero-order chi connectivity index (χ0) is 16.4. The quantitative estimate of drug-likeness (QED) is 0.776. The van der Waals surface area contributed by atoms with Crippen LogP contribution in [-0.4, -0.2) is 47.8 Å². The predicted molar refractivity (Wildman–Crippen MR) is 83.2 cm³/mol. The van der Waals surface area contributed by atoms with Gasteiger partial charge in [0.2, 0.25) is 20.0 Å². The van der Waals surface area contributed by atoms with E-state index in [1.54, 1.807) is 0 Å². The van der Waals surface area contributed by atoms with Crippen LogP contribution >= 0.6 is 0 Å². The van der Waals surface area contributed by atoms with Crippen LogP contribution in [0, 0.1) is 5.92 Å². The number of piperidine rings is 1. The SMILES string of the molecule is CNS(=O)(=O)c1ccc(S(=O)(=O)N2CCC(CN)CC2)cc1. The second-order valence-electron chi connectivity index (χ2n) is 5.26. The van der Waals surface area contributed by atoms with Crippen molar-refractivity contribution in [2.45, 2.75) is 22.6 Å². The first-order chi connectivity index (χ1) is 10.3. The summed E-state index contributed by atoms with van der Waals surface area (Å²) >= 11 is 0. The number of hydrogen-bond donors (Lipinski definition) is 2. The number of hydrogen-bond acceptors (Lipinski definition) is 5. The van der Waals surface area contributed by atoms with Crippen LogP contribution in [0.25, 0.3) is 0 Å². The van der Waals surface area contributed by atoms with E-state index in [9.17, 15) is 16.8 Å². The fraction of sp³-hybridized carbons (Fsp3) is 0.538. The van der Waals surface area contributed by atoms with Crippen molar-refractivity contribution >= 4 is 20.0 Å². The summed E-state index contributed by atoms with van der Waals surface area (Å²) in [5.41, 5.74) is 5.61. The van der Waals surface area contributed by atoms with Gasteiger partial charge in [-0.3, -0.25) is 0 Å². The third-order valence-corrected chi connectivity index (χ3v) is 7.29. The number of nitrogens with zero attached hydrogens (tertiary/aromatic N) is 1. The Morgan fingerprint density at radius 1 is 1.09 bits per heavy atom. The van der Waals surface area contributed by atoms with Crippen LogP contribution in [0.15, 0.2) is 34.1 Å². The number of sulfonamides is 2. The van der Waals surface area contributed by atoms with E-state index in [-0.39, 0.29) is 9.79 Å². The van der Waals surface area contributed by atoms with E-state index in [0.29, 0.717) is 25.6 Å². The zero-order valence-corrected chi connectivity index (χ0v) is 14.0. The van der Waals surface area contributed by atoms with Gasteiger partial charge >= 0.3 is 0 Å². The molecule has 0 unspecified atom stereocenters. The third kappa shape index (κ3) is 3.49. The molecule has 0 atom stereocenters. The maximum Gasteiger partial charge on any atom is 0.243 e. The van der Waals surface area contributed by atoms with E-state index >= 15 is 0 Å². The molecule has 7 nitrogen and oxygen atoms in total. The van der Waals surface area contributed by atoms with Gasteiger partial charge in [0.1, 0.15) is 0 Å². The molecule has 9 heteroatoms. The fourth-order valence-electron chi connectivity index (χ4n) is 2.44. The van der Waals surface area contributed by atoms with Crippen molar-refractivity contribution in [2.24, 2.45) is 11.7 Å². The Bertz CT molecular complexity index is 706. The van der Waals surface area contributed by atoms with Gasteiger partial charge in [-0.15, -0.1) is 0 Å². The molecular formula is C13H21N3O4S2. The Morgan fingerprint density at radius 3 is 2.05 bits per heavy atom. The van der Waals surface area contributed by atoms with Crippen molar-refractivity contribution in [3.63, 3.8) is 0 Å². The highest BCUT2D eigenvalue weighted by Gasteiger charge is 2.29. The third-order valence-electron chi connectivity index (χ3n) is 3.95. The average molecular weight is 347 g/mol. The smallest absolute Gasteiger partial charge is 0.243 e. The molecular weight excluding hydrogens is 326 g/mol. The molecule has 0 amide bonds. The van der Waals surface area contributed by atoms with E-state index in [2.05, 4.69) is 4.72 Å². The standard InChI is InChI=1S/C13H21N3O4S2/c1-15-21(17,18)12-2-4-13(5-3-12)22(19,20)16-8-6-11(10-14)7-9-16/h2-5,11,15H,6-10,14H2,1H3. The molecule has 0 bridgehead atoms. The summed E-state index contributed by atoms with van der Waals surface area (Å²) in [5.74, 6) is 0.370. The highest BCUT2D eigenvalue weighted by molar-refractivity contribution is 7.89. The maximum atomic E-state index is 12.5. The van der Waals surface area contributed by atoms with Gasteiger partial charge in [-0.1, -0.05) is 0 Å². The van der Waals surface area contributed by atoms with E-state index in [0.717, 1.165) is 12.8 Å². The fourth-order valence-corrected chi connectivity index (χ4v) is 4.64. The van der Waals surface area contributed by atoms with Gasteiger partial charge in [0.05, 0.1) is 9.79 Å². The number of rotatable bonds is 5. The summed E-state index contributed by atoms with van der Waals surface area (Å²) in [6.07, 6.45) is 1.50. The number of nitrogens with one attached hydrogen (secondary N) is 1. The highest BCUT2D eigenvalue weighted by atomic mass is 32.2. The topological polar surface area (TPSA) is 110 Å². The van der Waals surface area contributed by atoms with E-state index < -0.39 is 20.0 Å². The maximum absolute atomic E-state index is 12.5. The Hall–Kier alpha value is -1.00. The van der Waals surface area contributed by atoms with Crippen LogP contribution < -0.4 is 10.5 Å². The Balaban J connectivity index is 2.20. The lowest BCUT2D eigenvalue weighted by atomic mass is 9.99. The molecule has 1 aromatic carbocycles. The number of benzene rings is 1. The molecule has 1 fully saturated rings. The summed E-state index contributed by atoms with van der Waals surface area (Å²) in [6, 6.07) is 5.25. The minimum Gasteiger partial charge on any atom is -0.330 e. The molecule has 124 valence electrons. The molecule has 0 saturated carbocycles. The molecule has 2 rings (SSSR count). The van der Waals surface area contributed by atoms with Crippen LogP contribution in [0.2, 0.25) is 0 Å². The summed E-state index contributed by atoms with van der Waals surface area (Å²) < 4.78 is 52.0. The summed E-state index contributed by atoms with van der Waals surface area (Å²) in [5, 5.41) is 0. The van der Waals surface area contributed by atoms with Crippen molar-refractivity contribution in [1.82, 2.24) is 9.03 Å². The predicted octanol–water partition coefficient (Wildman–Crippen LogP) is -0.0459. The molecule has 0 radical (unpaired) electrons. The van der Waals surface area contributed by atoms with Gasteiger partial charge in [0.15, 0.2) is 0 Å². The van der Waals surface area contributed by atoms with Crippen LogP contribution in [-0.2, 0) is 20.0 Å². The number of nitrogens with two attached hydrogens (primary N) is 1. The van der Waals surface area contributed by atoms with Gasteiger partial charge in [0, 0.05) is 13.1 Å². The lowest BCUT2D eigenvalue weighted by Gasteiger charge is -2.30. The first kappa shape index (κ1) is 17.4. The van der Waals surface area contributed by atoms with Crippen LogP contribution in [0.5, 0.6) is 0 Å². The second kappa shape index (κ2) is 6.63. The van der Waals surface area contributed by atoms with Crippen molar-refractivity contribution < 1.29 is 16.8 Å². The normalized spacial score (nSPS) is 18.5.